The van der Waals surface area contributed by atoms with Gasteiger partial charge in [0.1, 0.15) is 0 Å². The summed E-state index contributed by atoms with van der Waals surface area (Å²) < 4.78 is 0. The van der Waals surface area contributed by atoms with Gasteiger partial charge in [0.05, 0.1) is 18.1 Å². The largest absolute Gasteiger partial charge is 0.481 e. The van der Waals surface area contributed by atoms with Crippen LogP contribution in [0.4, 0.5) is 0 Å². The number of aliphatic hydroxyl groups excluding tert-OH is 1. The molecule has 0 amide bonds. The van der Waals surface area contributed by atoms with E-state index >= 15 is 0 Å². The molecule has 0 spiro atoms. The number of piperidine rings is 1. The van der Waals surface area contributed by atoms with E-state index < -0.39 is 17.7 Å². The number of carbonyl (C=O) groups is 1. The van der Waals surface area contributed by atoms with Gasteiger partial charge in [-0.05, 0) is 26.3 Å². The fourth-order valence-corrected chi connectivity index (χ4v) is 3.08. The van der Waals surface area contributed by atoms with Crippen molar-refractivity contribution in [3.05, 3.63) is 0 Å². The zero-order valence-electron chi connectivity index (χ0n) is 8.76. The van der Waals surface area contributed by atoms with E-state index in [-0.39, 0.29) is 18.5 Å². The molecule has 0 aliphatic carbocycles. The second-order valence-electron chi connectivity index (χ2n) is 4.84. The Kier molecular flexibility index (Phi) is 2.48. The molecule has 2 aliphatic heterocycles. The molecule has 0 aromatic rings. The first-order valence-corrected chi connectivity index (χ1v) is 5.26. The first kappa shape index (κ1) is 10.9. The van der Waals surface area contributed by atoms with Crippen LogP contribution in [-0.4, -0.2) is 57.0 Å². The van der Waals surface area contributed by atoms with Crippen molar-refractivity contribution in [3.63, 3.8) is 0 Å². The van der Waals surface area contributed by atoms with Crippen LogP contribution < -0.4 is 0 Å². The van der Waals surface area contributed by atoms with E-state index in [1.807, 2.05) is 11.9 Å². The third kappa shape index (κ3) is 1.75. The van der Waals surface area contributed by atoms with Crippen LogP contribution in [0.15, 0.2) is 0 Å². The molecule has 2 aliphatic rings. The molecular weight excluding hydrogens is 198 g/mol. The lowest BCUT2D eigenvalue weighted by Gasteiger charge is -2.37. The van der Waals surface area contributed by atoms with Gasteiger partial charge in [-0.1, -0.05) is 0 Å². The van der Waals surface area contributed by atoms with Crippen LogP contribution >= 0.6 is 0 Å². The van der Waals surface area contributed by atoms with Crippen molar-refractivity contribution in [2.45, 2.75) is 49.5 Å². The zero-order chi connectivity index (χ0) is 11.2. The van der Waals surface area contributed by atoms with E-state index in [1.54, 1.807) is 0 Å². The lowest BCUT2D eigenvalue weighted by molar-refractivity contribution is -0.144. The van der Waals surface area contributed by atoms with Crippen molar-refractivity contribution < 1.29 is 20.1 Å². The topological polar surface area (TPSA) is 81.0 Å². The number of nitrogens with zero attached hydrogens (tertiary/aromatic N) is 1. The molecule has 2 bridgehead atoms. The average Bonchev–Trinajstić information content (AvgIpc) is 2.26. The number of carboxylic acids is 1. The number of likely N-dealkylation sites (N-methyl/N-ethyl adjacent to an activating group) is 1. The summed E-state index contributed by atoms with van der Waals surface area (Å²) in [7, 11) is 1.89. The van der Waals surface area contributed by atoms with E-state index in [1.165, 1.54) is 0 Å². The van der Waals surface area contributed by atoms with Crippen LogP contribution in [0.25, 0.3) is 0 Å². The minimum atomic E-state index is -1.16. The van der Waals surface area contributed by atoms with Crippen LogP contribution in [0.3, 0.4) is 0 Å². The summed E-state index contributed by atoms with van der Waals surface area (Å²) >= 11 is 0. The van der Waals surface area contributed by atoms with Crippen molar-refractivity contribution in [2.24, 2.45) is 0 Å². The fraction of sp³-hybridized carbons (Fsp3) is 0.900. The smallest absolute Gasteiger partial charge is 0.306 e. The lowest BCUT2D eigenvalue weighted by atomic mass is 9.89. The molecule has 0 aromatic carbocycles. The van der Waals surface area contributed by atoms with E-state index in [9.17, 15) is 15.0 Å². The Morgan fingerprint density at radius 1 is 1.53 bits per heavy atom. The minimum Gasteiger partial charge on any atom is -0.481 e. The van der Waals surface area contributed by atoms with Gasteiger partial charge in [-0.2, -0.15) is 0 Å². The lowest BCUT2D eigenvalue weighted by Crippen LogP contribution is -2.49. The van der Waals surface area contributed by atoms with Gasteiger partial charge < -0.3 is 15.3 Å². The fourth-order valence-electron chi connectivity index (χ4n) is 3.08. The highest BCUT2D eigenvalue weighted by atomic mass is 16.4. The van der Waals surface area contributed by atoms with Crippen LogP contribution in [0.2, 0.25) is 0 Å². The standard InChI is InChI=1S/C10H17NO4/c1-11-6-2-7(12)3-8(11)10(15,4-6)5-9(13)14/h6-8,12,15H,2-5H2,1H3,(H,13,14)/t6-,7+,8-,10+/m0/s1. The van der Waals surface area contributed by atoms with Crippen molar-refractivity contribution >= 4 is 5.97 Å². The van der Waals surface area contributed by atoms with E-state index in [0.717, 1.165) is 0 Å². The van der Waals surface area contributed by atoms with Gasteiger partial charge in [-0.15, -0.1) is 0 Å². The van der Waals surface area contributed by atoms with Crippen molar-refractivity contribution in [1.29, 1.82) is 0 Å². The SMILES string of the molecule is CN1[C@H]2C[C@@H](O)C[C@H]1[C@](O)(CC(=O)O)C2. The Hall–Kier alpha value is -0.650. The van der Waals surface area contributed by atoms with E-state index in [4.69, 9.17) is 5.11 Å². The molecule has 4 atom stereocenters. The number of hydrogen-bond acceptors (Lipinski definition) is 4. The van der Waals surface area contributed by atoms with Crippen LogP contribution in [0.5, 0.6) is 0 Å². The summed E-state index contributed by atoms with van der Waals surface area (Å²) in [5.41, 5.74) is -1.16. The summed E-state index contributed by atoms with van der Waals surface area (Å²) in [5, 5.41) is 28.6. The summed E-state index contributed by atoms with van der Waals surface area (Å²) in [6, 6.07) is -0.106. The van der Waals surface area contributed by atoms with Gasteiger partial charge in [0.15, 0.2) is 0 Å². The van der Waals surface area contributed by atoms with Crippen LogP contribution in [-0.2, 0) is 4.79 Å². The zero-order valence-corrected chi connectivity index (χ0v) is 8.76. The maximum atomic E-state index is 10.7. The quantitative estimate of drug-likeness (QED) is 0.574. The average molecular weight is 215 g/mol. The highest BCUT2D eigenvalue weighted by Crippen LogP contribution is 2.42. The summed E-state index contributed by atoms with van der Waals surface area (Å²) in [4.78, 5) is 12.7. The predicted octanol–water partition coefficient (Wildman–Crippen LogP) is -0.580. The summed E-state index contributed by atoms with van der Waals surface area (Å²) in [5.74, 6) is -0.979. The molecule has 3 N–H and O–H groups in total. The number of hydrogen-bond donors (Lipinski definition) is 3. The van der Waals surface area contributed by atoms with Gasteiger partial charge in [-0.3, -0.25) is 9.69 Å². The third-order valence-corrected chi connectivity index (χ3v) is 3.77. The first-order valence-electron chi connectivity index (χ1n) is 5.26. The molecule has 2 rings (SSSR count). The van der Waals surface area contributed by atoms with Gasteiger partial charge in [0, 0.05) is 12.1 Å². The van der Waals surface area contributed by atoms with E-state index in [2.05, 4.69) is 0 Å². The maximum absolute atomic E-state index is 10.7. The molecule has 5 heteroatoms. The highest BCUT2D eigenvalue weighted by molar-refractivity contribution is 5.68. The monoisotopic (exact) mass is 215 g/mol. The van der Waals surface area contributed by atoms with E-state index in [0.29, 0.717) is 19.3 Å². The van der Waals surface area contributed by atoms with Crippen LogP contribution in [0, 0.1) is 0 Å². The Morgan fingerprint density at radius 3 is 2.80 bits per heavy atom. The minimum absolute atomic E-state index is 0.114. The maximum Gasteiger partial charge on any atom is 0.306 e. The molecule has 0 unspecified atom stereocenters. The molecule has 15 heavy (non-hydrogen) atoms. The second kappa shape index (κ2) is 3.43. The van der Waals surface area contributed by atoms with Crippen molar-refractivity contribution in [2.75, 3.05) is 7.05 Å². The Morgan fingerprint density at radius 2 is 2.20 bits per heavy atom. The van der Waals surface area contributed by atoms with Gasteiger partial charge in [0.25, 0.3) is 0 Å². The Bertz CT molecular complexity index is 283. The van der Waals surface area contributed by atoms with Crippen molar-refractivity contribution in [1.82, 2.24) is 4.90 Å². The Labute approximate surface area is 88.3 Å². The molecule has 0 radical (unpaired) electrons. The summed E-state index contributed by atoms with van der Waals surface area (Å²) in [6.45, 7) is 0. The Balaban J connectivity index is 2.19. The number of carboxylic acid groups (broad SMARTS) is 1. The number of aliphatic carboxylic acids is 1. The number of fused-ring (bicyclic) bond motifs is 2. The predicted molar refractivity (Wildman–Crippen MR) is 52.4 cm³/mol. The third-order valence-electron chi connectivity index (χ3n) is 3.77. The molecule has 0 saturated carbocycles. The van der Waals surface area contributed by atoms with Crippen LogP contribution in [0.1, 0.15) is 25.7 Å². The van der Waals surface area contributed by atoms with Gasteiger partial charge in [0.2, 0.25) is 0 Å². The normalized spacial score (nSPS) is 45.7. The second-order valence-corrected chi connectivity index (χ2v) is 4.84. The molecular formula is C10H17NO4. The first-order chi connectivity index (χ1) is 6.92. The molecule has 2 saturated heterocycles. The number of rotatable bonds is 2. The van der Waals surface area contributed by atoms with Gasteiger partial charge in [-0.25, -0.2) is 0 Å². The molecule has 2 heterocycles. The molecule has 5 nitrogen and oxygen atoms in total. The summed E-state index contributed by atoms with van der Waals surface area (Å²) in [6.07, 6.45) is 0.924. The molecule has 86 valence electrons. The number of aliphatic hydroxyl groups is 2. The molecule has 0 aromatic heterocycles. The molecule has 2 fully saturated rings. The van der Waals surface area contributed by atoms with Crippen molar-refractivity contribution in [3.8, 4) is 0 Å². The highest BCUT2D eigenvalue weighted by Gasteiger charge is 2.54. The van der Waals surface area contributed by atoms with Gasteiger partial charge >= 0.3 is 5.97 Å².